The molecule has 0 radical (unpaired) electrons. The number of nitrogens with one attached hydrogen (secondary N) is 1. The zero-order chi connectivity index (χ0) is 13.1. The molecule has 0 unspecified atom stereocenters. The second-order valence-electron chi connectivity index (χ2n) is 4.41. The second kappa shape index (κ2) is 5.21. The molecule has 0 spiro atoms. The van der Waals surface area contributed by atoms with E-state index in [2.05, 4.69) is 17.3 Å². The van der Waals surface area contributed by atoms with Crippen LogP contribution in [0.2, 0.25) is 0 Å². The topological polar surface area (TPSA) is 29.9 Å². The van der Waals surface area contributed by atoms with Crippen LogP contribution in [0.5, 0.6) is 0 Å². The van der Waals surface area contributed by atoms with Crippen LogP contribution in [0.1, 0.15) is 23.7 Å². The lowest BCUT2D eigenvalue weighted by Crippen LogP contribution is -2.04. The van der Waals surface area contributed by atoms with Gasteiger partial charge in [-0.2, -0.15) is 5.10 Å². The number of hydrogen-bond donors (Lipinski definition) is 1. The van der Waals surface area contributed by atoms with Crippen molar-refractivity contribution in [2.45, 2.75) is 33.9 Å². The zero-order valence-corrected chi connectivity index (χ0v) is 11.0. The lowest BCUT2D eigenvalue weighted by Gasteiger charge is -2.08. The third-order valence-corrected chi connectivity index (χ3v) is 3.10. The number of aromatic nitrogens is 2. The van der Waals surface area contributed by atoms with Gasteiger partial charge in [-0.15, -0.1) is 0 Å². The fourth-order valence-corrected chi connectivity index (χ4v) is 1.94. The molecule has 2 rings (SSSR count). The van der Waals surface area contributed by atoms with Crippen molar-refractivity contribution in [3.63, 3.8) is 0 Å². The van der Waals surface area contributed by atoms with Gasteiger partial charge in [0.05, 0.1) is 11.9 Å². The molecule has 0 bridgehead atoms. The first-order chi connectivity index (χ1) is 8.61. The number of benzene rings is 1. The number of nitrogens with zero attached hydrogens (tertiary/aromatic N) is 2. The number of rotatable bonds is 4. The van der Waals surface area contributed by atoms with E-state index < -0.39 is 0 Å². The molecule has 3 nitrogen and oxygen atoms in total. The molecule has 1 heterocycles. The number of halogens is 1. The van der Waals surface area contributed by atoms with Gasteiger partial charge in [-0.3, -0.25) is 4.68 Å². The van der Waals surface area contributed by atoms with E-state index in [1.165, 1.54) is 6.07 Å². The first-order valence-corrected chi connectivity index (χ1v) is 6.13. The first-order valence-electron chi connectivity index (χ1n) is 6.13. The van der Waals surface area contributed by atoms with Crippen LogP contribution in [-0.4, -0.2) is 9.78 Å². The maximum atomic E-state index is 13.6. The zero-order valence-electron chi connectivity index (χ0n) is 11.0. The van der Waals surface area contributed by atoms with E-state index in [1.807, 2.05) is 30.8 Å². The highest BCUT2D eigenvalue weighted by molar-refractivity contribution is 5.47. The predicted octanol–water partition coefficient (Wildman–Crippen LogP) is 3.27. The SMILES string of the molecule is CCn1ncc(CNc2cc(C)ccc2F)c1C. The van der Waals surface area contributed by atoms with E-state index in [0.717, 1.165) is 23.4 Å². The summed E-state index contributed by atoms with van der Waals surface area (Å²) in [6.45, 7) is 7.47. The summed E-state index contributed by atoms with van der Waals surface area (Å²) in [5.74, 6) is -0.221. The fraction of sp³-hybridized carbons (Fsp3) is 0.357. The van der Waals surface area contributed by atoms with Crippen LogP contribution < -0.4 is 5.32 Å². The molecule has 0 aliphatic rings. The molecule has 96 valence electrons. The van der Waals surface area contributed by atoms with Gasteiger partial charge in [-0.1, -0.05) is 6.07 Å². The molecule has 0 aliphatic carbocycles. The molecule has 0 atom stereocenters. The van der Waals surface area contributed by atoms with Crippen molar-refractivity contribution >= 4 is 5.69 Å². The smallest absolute Gasteiger partial charge is 0.146 e. The molecule has 1 aromatic heterocycles. The third-order valence-electron chi connectivity index (χ3n) is 3.10. The van der Waals surface area contributed by atoms with Crippen LogP contribution in [0, 0.1) is 19.7 Å². The van der Waals surface area contributed by atoms with Crippen LogP contribution in [0.25, 0.3) is 0 Å². The minimum absolute atomic E-state index is 0.221. The van der Waals surface area contributed by atoms with Crippen LogP contribution >= 0.6 is 0 Å². The highest BCUT2D eigenvalue weighted by Gasteiger charge is 2.06. The number of anilines is 1. The molecule has 0 fully saturated rings. The number of hydrogen-bond acceptors (Lipinski definition) is 2. The van der Waals surface area contributed by atoms with E-state index in [9.17, 15) is 4.39 Å². The van der Waals surface area contributed by atoms with Crippen molar-refractivity contribution in [1.29, 1.82) is 0 Å². The summed E-state index contributed by atoms with van der Waals surface area (Å²) >= 11 is 0. The quantitative estimate of drug-likeness (QED) is 0.898. The van der Waals surface area contributed by atoms with Gasteiger partial charge >= 0.3 is 0 Å². The van der Waals surface area contributed by atoms with Gasteiger partial charge in [0, 0.05) is 24.3 Å². The van der Waals surface area contributed by atoms with Crippen LogP contribution in [0.3, 0.4) is 0 Å². The Morgan fingerprint density at radius 1 is 1.33 bits per heavy atom. The minimum atomic E-state index is -0.221. The van der Waals surface area contributed by atoms with E-state index in [-0.39, 0.29) is 5.82 Å². The summed E-state index contributed by atoms with van der Waals surface area (Å²) in [5.41, 5.74) is 3.80. The molecule has 4 heteroatoms. The van der Waals surface area contributed by atoms with E-state index >= 15 is 0 Å². The van der Waals surface area contributed by atoms with Gasteiger partial charge < -0.3 is 5.32 Å². The van der Waals surface area contributed by atoms with Gasteiger partial charge in [0.2, 0.25) is 0 Å². The van der Waals surface area contributed by atoms with Crippen molar-refractivity contribution in [3.05, 3.63) is 47.0 Å². The van der Waals surface area contributed by atoms with E-state index in [4.69, 9.17) is 0 Å². The third kappa shape index (κ3) is 2.53. The van der Waals surface area contributed by atoms with Crippen molar-refractivity contribution in [1.82, 2.24) is 9.78 Å². The normalized spacial score (nSPS) is 10.7. The Morgan fingerprint density at radius 2 is 2.11 bits per heavy atom. The molecule has 1 N–H and O–H groups in total. The fourth-order valence-electron chi connectivity index (χ4n) is 1.94. The van der Waals surface area contributed by atoms with Gasteiger partial charge in [-0.25, -0.2) is 4.39 Å². The van der Waals surface area contributed by atoms with E-state index in [1.54, 1.807) is 6.07 Å². The highest BCUT2D eigenvalue weighted by Crippen LogP contribution is 2.17. The molecular formula is C14H18FN3. The average Bonchev–Trinajstić information content (AvgIpc) is 2.71. The van der Waals surface area contributed by atoms with Crippen LogP contribution in [-0.2, 0) is 13.1 Å². The highest BCUT2D eigenvalue weighted by atomic mass is 19.1. The van der Waals surface area contributed by atoms with Gasteiger partial charge in [-0.05, 0) is 38.5 Å². The monoisotopic (exact) mass is 247 g/mol. The molecule has 18 heavy (non-hydrogen) atoms. The summed E-state index contributed by atoms with van der Waals surface area (Å²) in [5, 5.41) is 7.39. The Labute approximate surface area is 107 Å². The van der Waals surface area contributed by atoms with Crippen molar-refractivity contribution in [2.24, 2.45) is 0 Å². The summed E-state index contributed by atoms with van der Waals surface area (Å²) in [7, 11) is 0. The molecule has 0 amide bonds. The lowest BCUT2D eigenvalue weighted by molar-refractivity contribution is 0.629. The largest absolute Gasteiger partial charge is 0.378 e. The average molecular weight is 247 g/mol. The maximum Gasteiger partial charge on any atom is 0.146 e. The summed E-state index contributed by atoms with van der Waals surface area (Å²) in [4.78, 5) is 0. The Bertz CT molecular complexity index is 546. The molecule has 1 aromatic carbocycles. The standard InChI is InChI=1S/C14H18FN3/c1-4-18-11(3)12(9-17-18)8-16-14-7-10(2)5-6-13(14)15/h5-7,9,16H,4,8H2,1-3H3. The van der Waals surface area contributed by atoms with E-state index in [0.29, 0.717) is 12.2 Å². The Balaban J connectivity index is 2.11. The molecule has 0 saturated carbocycles. The van der Waals surface area contributed by atoms with Crippen LogP contribution in [0.15, 0.2) is 24.4 Å². The maximum absolute atomic E-state index is 13.6. The Morgan fingerprint density at radius 3 is 2.78 bits per heavy atom. The van der Waals surface area contributed by atoms with Crippen molar-refractivity contribution in [2.75, 3.05) is 5.32 Å². The molecule has 0 aliphatic heterocycles. The Hall–Kier alpha value is -1.84. The number of aryl methyl sites for hydroxylation is 2. The summed E-state index contributed by atoms with van der Waals surface area (Å²) < 4.78 is 15.5. The summed E-state index contributed by atoms with van der Waals surface area (Å²) in [6, 6.07) is 5.07. The molecule has 2 aromatic rings. The first kappa shape index (κ1) is 12.6. The lowest BCUT2D eigenvalue weighted by atomic mass is 10.2. The minimum Gasteiger partial charge on any atom is -0.378 e. The van der Waals surface area contributed by atoms with Crippen molar-refractivity contribution in [3.8, 4) is 0 Å². The van der Waals surface area contributed by atoms with Crippen LogP contribution in [0.4, 0.5) is 10.1 Å². The molecular weight excluding hydrogens is 229 g/mol. The Kier molecular flexibility index (Phi) is 3.65. The van der Waals surface area contributed by atoms with Gasteiger partial charge in [0.25, 0.3) is 0 Å². The predicted molar refractivity (Wildman–Crippen MR) is 71.1 cm³/mol. The second-order valence-corrected chi connectivity index (χ2v) is 4.41. The van der Waals surface area contributed by atoms with Crippen molar-refractivity contribution < 1.29 is 4.39 Å². The molecule has 0 saturated heterocycles. The van der Waals surface area contributed by atoms with Gasteiger partial charge in [0.15, 0.2) is 0 Å². The summed E-state index contributed by atoms with van der Waals surface area (Å²) in [6.07, 6.45) is 1.83. The van der Waals surface area contributed by atoms with Gasteiger partial charge in [0.1, 0.15) is 5.82 Å².